The topological polar surface area (TPSA) is 107 Å². The van der Waals surface area contributed by atoms with Crippen LogP contribution in [0.3, 0.4) is 0 Å². The number of aromatic amines is 1. The van der Waals surface area contributed by atoms with Crippen LogP contribution in [-0.4, -0.2) is 36.9 Å². The maximum Gasteiger partial charge on any atom is 0.264 e. The van der Waals surface area contributed by atoms with Crippen molar-refractivity contribution < 1.29 is 0 Å². The van der Waals surface area contributed by atoms with Crippen LogP contribution in [0.5, 0.6) is 0 Å². The molecule has 0 bridgehead atoms. The van der Waals surface area contributed by atoms with Gasteiger partial charge >= 0.3 is 0 Å². The van der Waals surface area contributed by atoms with Crippen molar-refractivity contribution in [2.24, 2.45) is 25.7 Å². The van der Waals surface area contributed by atoms with Gasteiger partial charge in [0, 0.05) is 55.6 Å². The number of anilines is 1. The van der Waals surface area contributed by atoms with Crippen LogP contribution in [0.4, 0.5) is 5.95 Å². The van der Waals surface area contributed by atoms with Crippen LogP contribution in [0, 0.1) is 5.92 Å². The van der Waals surface area contributed by atoms with Crippen LogP contribution in [-0.2, 0) is 14.1 Å². The third kappa shape index (κ3) is 2.91. The molecule has 0 amide bonds. The predicted molar refractivity (Wildman–Crippen MR) is 120 cm³/mol. The van der Waals surface area contributed by atoms with Crippen molar-refractivity contribution in [3.63, 3.8) is 0 Å². The quantitative estimate of drug-likeness (QED) is 0.437. The Labute approximate surface area is 177 Å². The molecule has 0 spiro atoms. The summed E-state index contributed by atoms with van der Waals surface area (Å²) in [6.07, 6.45) is 8.68. The van der Waals surface area contributed by atoms with Crippen molar-refractivity contribution in [3.8, 4) is 11.1 Å². The summed E-state index contributed by atoms with van der Waals surface area (Å²) < 4.78 is 3.25. The Balaban J connectivity index is 1.56. The van der Waals surface area contributed by atoms with Gasteiger partial charge in [0.05, 0.1) is 15.9 Å². The van der Waals surface area contributed by atoms with Gasteiger partial charge in [0.2, 0.25) is 5.95 Å². The number of nitrogens with one attached hydrogen (secondary N) is 2. The van der Waals surface area contributed by atoms with Crippen molar-refractivity contribution >= 4 is 39.5 Å². The number of nitrogens with zero attached hydrogens (tertiary/aromatic N) is 4. The Morgan fingerprint density at radius 3 is 2.93 bits per heavy atom. The molecule has 4 aromatic rings. The molecular weight excluding hydrogens is 402 g/mol. The van der Waals surface area contributed by atoms with Crippen molar-refractivity contribution in [3.05, 3.63) is 52.1 Å². The van der Waals surface area contributed by atoms with E-state index in [9.17, 15) is 4.79 Å². The van der Waals surface area contributed by atoms with Gasteiger partial charge in [-0.1, -0.05) is 29.8 Å². The average Bonchev–Trinajstić information content (AvgIpc) is 3.42. The summed E-state index contributed by atoms with van der Waals surface area (Å²) in [6.45, 7) is 0.650. The van der Waals surface area contributed by atoms with E-state index in [1.807, 2.05) is 31.5 Å². The lowest BCUT2D eigenvalue weighted by molar-refractivity contribution is 0.530. The molecule has 154 valence electrons. The van der Waals surface area contributed by atoms with E-state index in [-0.39, 0.29) is 11.6 Å². The Bertz CT molecular complexity index is 1360. The van der Waals surface area contributed by atoms with E-state index < -0.39 is 0 Å². The molecule has 0 saturated carbocycles. The second-order valence-corrected chi connectivity index (χ2v) is 8.15. The Kier molecular flexibility index (Phi) is 4.41. The molecule has 9 heteroatoms. The normalized spacial score (nSPS) is 18.7. The lowest BCUT2D eigenvalue weighted by Crippen LogP contribution is -2.31. The summed E-state index contributed by atoms with van der Waals surface area (Å²) >= 11 is 6.68. The van der Waals surface area contributed by atoms with E-state index >= 15 is 0 Å². The number of hydrogen-bond acceptors (Lipinski definition) is 5. The maximum absolute atomic E-state index is 13.2. The zero-order valence-corrected chi connectivity index (χ0v) is 17.4. The summed E-state index contributed by atoms with van der Waals surface area (Å²) in [5.41, 5.74) is 8.76. The predicted octanol–water partition coefficient (Wildman–Crippen LogP) is 2.78. The van der Waals surface area contributed by atoms with Gasteiger partial charge in [-0.05, 0) is 18.4 Å². The first-order valence-electron chi connectivity index (χ1n) is 9.80. The zero-order valence-electron chi connectivity index (χ0n) is 16.7. The maximum atomic E-state index is 13.2. The van der Waals surface area contributed by atoms with Crippen LogP contribution < -0.4 is 16.6 Å². The molecule has 5 rings (SSSR count). The number of aryl methyl sites for hydroxylation is 1. The first-order valence-corrected chi connectivity index (χ1v) is 10.2. The number of aromatic nitrogens is 5. The highest BCUT2D eigenvalue weighted by Gasteiger charge is 2.21. The third-order valence-electron chi connectivity index (χ3n) is 5.81. The molecule has 30 heavy (non-hydrogen) atoms. The molecule has 1 aliphatic rings. The minimum atomic E-state index is -0.144. The molecule has 0 aliphatic heterocycles. The number of fused-ring (bicyclic) bond motifs is 2. The molecule has 0 radical (unpaired) electrons. The highest BCUT2D eigenvalue weighted by atomic mass is 35.5. The smallest absolute Gasteiger partial charge is 0.264 e. The van der Waals surface area contributed by atoms with Gasteiger partial charge in [0.25, 0.3) is 5.56 Å². The zero-order chi connectivity index (χ0) is 21.0. The Morgan fingerprint density at radius 2 is 2.17 bits per heavy atom. The lowest BCUT2D eigenvalue weighted by atomic mass is 10.0. The minimum absolute atomic E-state index is 0.0277. The number of nitrogens with two attached hydrogens (primary N) is 1. The highest BCUT2D eigenvalue weighted by Crippen LogP contribution is 2.36. The van der Waals surface area contributed by atoms with Crippen LogP contribution in [0.25, 0.3) is 33.1 Å². The van der Waals surface area contributed by atoms with Gasteiger partial charge in [-0.25, -0.2) is 0 Å². The molecule has 1 aliphatic carbocycles. The van der Waals surface area contributed by atoms with Crippen molar-refractivity contribution in [1.82, 2.24) is 24.3 Å². The fourth-order valence-corrected chi connectivity index (χ4v) is 4.40. The second-order valence-electron chi connectivity index (χ2n) is 7.77. The second kappa shape index (κ2) is 7.00. The van der Waals surface area contributed by atoms with Gasteiger partial charge in [-0.3, -0.25) is 14.0 Å². The van der Waals surface area contributed by atoms with Crippen molar-refractivity contribution in [2.75, 3.05) is 11.9 Å². The Hall–Kier alpha value is -3.10. The molecule has 8 nitrogen and oxygen atoms in total. The molecule has 3 heterocycles. The summed E-state index contributed by atoms with van der Waals surface area (Å²) in [5, 5.41) is 9.58. The number of allylic oxidation sites excluding steroid dienone is 1. The van der Waals surface area contributed by atoms with Crippen LogP contribution in [0.15, 0.2) is 41.5 Å². The lowest BCUT2D eigenvalue weighted by Gasteiger charge is -2.17. The molecule has 3 aromatic heterocycles. The molecule has 2 atom stereocenters. The average molecular weight is 424 g/mol. The standard InChI is InChI=1S/C21H22ClN7O/c1-28-10-14-16(27-28)7-6-12(18(14)22)13-9-24-19-17(13)20(30)29(2)21(26-19)25-8-11-4-3-5-15(11)23/h3,5-7,9-11,15,24H,4,8,23H2,1-2H3,(H,25,26)/t11-,15+/m1/s1. The minimum Gasteiger partial charge on any atom is -0.355 e. The number of hydrogen-bond donors (Lipinski definition) is 3. The summed E-state index contributed by atoms with van der Waals surface area (Å²) in [6, 6.07) is 3.82. The SMILES string of the molecule is Cn1cc2c(Cl)c(-c3c[nH]c4nc(NC[C@H]5CC=C[C@@H]5N)n(C)c(=O)c34)ccc2n1. The van der Waals surface area contributed by atoms with E-state index in [4.69, 9.17) is 17.3 Å². The van der Waals surface area contributed by atoms with Gasteiger partial charge in [-0.15, -0.1) is 0 Å². The summed E-state index contributed by atoms with van der Waals surface area (Å²) in [5.74, 6) is 0.802. The van der Waals surface area contributed by atoms with Crippen LogP contribution in [0.1, 0.15) is 6.42 Å². The van der Waals surface area contributed by atoms with Crippen molar-refractivity contribution in [1.29, 1.82) is 0 Å². The molecular formula is C21H22ClN7O. The van der Waals surface area contributed by atoms with E-state index in [0.717, 1.165) is 28.5 Å². The molecule has 1 aromatic carbocycles. The molecule has 0 saturated heterocycles. The Morgan fingerprint density at radius 1 is 1.33 bits per heavy atom. The highest BCUT2D eigenvalue weighted by molar-refractivity contribution is 6.38. The molecule has 0 unspecified atom stereocenters. The van der Waals surface area contributed by atoms with E-state index in [2.05, 4.69) is 26.5 Å². The van der Waals surface area contributed by atoms with Gasteiger partial charge in [0.15, 0.2) is 0 Å². The first-order chi connectivity index (χ1) is 14.4. The summed E-state index contributed by atoms with van der Waals surface area (Å²) in [7, 11) is 3.57. The number of H-pyrrole nitrogens is 1. The van der Waals surface area contributed by atoms with E-state index in [0.29, 0.717) is 34.5 Å². The van der Waals surface area contributed by atoms with Gasteiger partial charge in [-0.2, -0.15) is 10.1 Å². The van der Waals surface area contributed by atoms with Crippen LogP contribution in [0.2, 0.25) is 5.02 Å². The number of rotatable bonds is 4. The number of halogens is 1. The molecule has 0 fully saturated rings. The fourth-order valence-electron chi connectivity index (χ4n) is 4.09. The van der Waals surface area contributed by atoms with Crippen LogP contribution >= 0.6 is 11.6 Å². The largest absolute Gasteiger partial charge is 0.355 e. The summed E-state index contributed by atoms with van der Waals surface area (Å²) in [4.78, 5) is 21.0. The van der Waals surface area contributed by atoms with Crippen molar-refractivity contribution in [2.45, 2.75) is 12.5 Å². The monoisotopic (exact) mass is 423 g/mol. The fraction of sp³-hybridized carbons (Fsp3) is 0.286. The molecule has 4 N–H and O–H groups in total. The van der Waals surface area contributed by atoms with Gasteiger partial charge < -0.3 is 16.0 Å². The van der Waals surface area contributed by atoms with Gasteiger partial charge in [0.1, 0.15) is 5.65 Å². The number of benzene rings is 1. The van der Waals surface area contributed by atoms with E-state index in [1.54, 1.807) is 17.9 Å². The van der Waals surface area contributed by atoms with E-state index in [1.165, 1.54) is 4.57 Å². The third-order valence-corrected chi connectivity index (χ3v) is 6.21. The first kappa shape index (κ1) is 18.9.